The van der Waals surface area contributed by atoms with E-state index in [2.05, 4.69) is 4.74 Å². The van der Waals surface area contributed by atoms with E-state index < -0.39 is 18.7 Å². The molecule has 1 saturated carbocycles. The predicted molar refractivity (Wildman–Crippen MR) is 158 cm³/mol. The molecule has 0 saturated heterocycles. The zero-order valence-corrected chi connectivity index (χ0v) is 25.7. The first-order valence-electron chi connectivity index (χ1n) is 14.1. The SMILES string of the molecule is COc1cc2c(cc1OC)CN(CC(=O)O[C@@H](Cc1c(Cl)c[n+]([O-])cc1Cl)c1ccc(OC(F)F)c(OCC3CC3)c1)CC2. The molecule has 1 fully saturated rings. The lowest BCUT2D eigenvalue weighted by molar-refractivity contribution is -0.605. The third-order valence-electron chi connectivity index (χ3n) is 7.60. The molecular formula is C31H32Cl2F2N2O7. The molecule has 0 unspecified atom stereocenters. The molecule has 1 aliphatic heterocycles. The van der Waals surface area contributed by atoms with Crippen LogP contribution in [0.1, 0.15) is 41.2 Å². The van der Waals surface area contributed by atoms with Gasteiger partial charge in [0.05, 0.1) is 27.4 Å². The highest BCUT2D eigenvalue weighted by molar-refractivity contribution is 6.35. The number of hydrogen-bond donors (Lipinski definition) is 0. The van der Waals surface area contributed by atoms with Crippen LogP contribution in [0.4, 0.5) is 8.78 Å². The van der Waals surface area contributed by atoms with E-state index in [9.17, 15) is 18.8 Å². The van der Waals surface area contributed by atoms with E-state index in [0.717, 1.165) is 36.4 Å². The molecule has 2 aliphatic rings. The van der Waals surface area contributed by atoms with E-state index >= 15 is 0 Å². The molecule has 0 radical (unpaired) electrons. The Labute approximate surface area is 263 Å². The zero-order chi connectivity index (χ0) is 31.4. The third-order valence-corrected chi connectivity index (χ3v) is 8.25. The molecule has 0 spiro atoms. The van der Waals surface area contributed by atoms with Crippen molar-refractivity contribution in [2.75, 3.05) is 33.9 Å². The highest BCUT2D eigenvalue weighted by Gasteiger charge is 2.28. The van der Waals surface area contributed by atoms with Crippen molar-refractivity contribution in [1.82, 2.24) is 4.90 Å². The number of esters is 1. The highest BCUT2D eigenvalue weighted by Crippen LogP contribution is 2.38. The minimum atomic E-state index is -3.05. The van der Waals surface area contributed by atoms with E-state index in [4.69, 9.17) is 42.1 Å². The molecule has 2 heterocycles. The molecule has 1 atom stereocenters. The van der Waals surface area contributed by atoms with Gasteiger partial charge in [0.25, 0.3) is 0 Å². The van der Waals surface area contributed by atoms with Gasteiger partial charge in [-0.25, -0.2) is 0 Å². The molecule has 1 aliphatic carbocycles. The molecule has 5 rings (SSSR count). The van der Waals surface area contributed by atoms with Gasteiger partial charge in [-0.15, -0.1) is 0 Å². The van der Waals surface area contributed by atoms with Crippen molar-refractivity contribution < 1.29 is 42.0 Å². The van der Waals surface area contributed by atoms with Gasteiger partial charge in [-0.05, 0) is 66.1 Å². The van der Waals surface area contributed by atoms with Gasteiger partial charge in [0.1, 0.15) is 16.1 Å². The maximum atomic E-state index is 13.4. The Morgan fingerprint density at radius 1 is 1.02 bits per heavy atom. The third kappa shape index (κ3) is 7.94. The Morgan fingerprint density at radius 3 is 2.34 bits per heavy atom. The van der Waals surface area contributed by atoms with Crippen molar-refractivity contribution >= 4 is 29.2 Å². The van der Waals surface area contributed by atoms with Gasteiger partial charge in [-0.3, -0.25) is 9.69 Å². The summed E-state index contributed by atoms with van der Waals surface area (Å²) in [6, 6.07) is 8.25. The van der Waals surface area contributed by atoms with Crippen LogP contribution in [0.2, 0.25) is 10.0 Å². The summed E-state index contributed by atoms with van der Waals surface area (Å²) in [6.07, 6.45) is 4.07. The van der Waals surface area contributed by atoms with Crippen molar-refractivity contribution in [3.63, 3.8) is 0 Å². The smallest absolute Gasteiger partial charge is 0.387 e. The number of alkyl halides is 2. The van der Waals surface area contributed by atoms with Crippen molar-refractivity contribution in [3.05, 3.63) is 80.2 Å². The molecule has 2 aromatic carbocycles. The number of nitrogens with zero attached hydrogens (tertiary/aromatic N) is 2. The number of benzene rings is 2. The summed E-state index contributed by atoms with van der Waals surface area (Å²) < 4.78 is 54.1. The first-order chi connectivity index (χ1) is 21.1. The largest absolute Gasteiger partial charge is 0.619 e. The van der Waals surface area contributed by atoms with Crippen LogP contribution in [0, 0.1) is 11.1 Å². The Kier molecular flexibility index (Phi) is 10.2. The molecule has 0 N–H and O–H groups in total. The highest BCUT2D eigenvalue weighted by atomic mass is 35.5. The summed E-state index contributed by atoms with van der Waals surface area (Å²) in [4.78, 5) is 15.3. The van der Waals surface area contributed by atoms with E-state index in [1.54, 1.807) is 14.2 Å². The monoisotopic (exact) mass is 652 g/mol. The maximum Gasteiger partial charge on any atom is 0.387 e. The van der Waals surface area contributed by atoms with Crippen LogP contribution in [-0.4, -0.2) is 51.4 Å². The second-order valence-corrected chi connectivity index (χ2v) is 11.6. The number of carbonyl (C=O) groups excluding carboxylic acids is 1. The Morgan fingerprint density at radius 2 is 1.70 bits per heavy atom. The minimum Gasteiger partial charge on any atom is -0.619 e. The lowest BCUT2D eigenvalue weighted by atomic mass is 9.99. The van der Waals surface area contributed by atoms with E-state index in [0.29, 0.717) is 59.4 Å². The van der Waals surface area contributed by atoms with E-state index in [1.807, 2.05) is 17.0 Å². The average molecular weight is 654 g/mol. The summed E-state index contributed by atoms with van der Waals surface area (Å²) in [5.74, 6) is 1.06. The van der Waals surface area contributed by atoms with Gasteiger partial charge in [0.15, 0.2) is 35.4 Å². The zero-order valence-electron chi connectivity index (χ0n) is 24.2. The number of halogens is 4. The van der Waals surface area contributed by atoms with Crippen LogP contribution in [0.5, 0.6) is 23.0 Å². The second kappa shape index (κ2) is 14.0. The molecule has 0 bridgehead atoms. The number of pyridine rings is 1. The number of methoxy groups -OCH3 is 2. The Hall–Kier alpha value is -3.54. The quantitative estimate of drug-likeness (QED) is 0.128. The predicted octanol–water partition coefficient (Wildman–Crippen LogP) is 5.92. The number of carbonyl (C=O) groups is 1. The lowest BCUT2D eigenvalue weighted by Crippen LogP contribution is -2.36. The second-order valence-electron chi connectivity index (χ2n) is 10.8. The normalized spacial score (nSPS) is 15.4. The first kappa shape index (κ1) is 31.9. The number of hydrogen-bond acceptors (Lipinski definition) is 8. The van der Waals surface area contributed by atoms with Gasteiger partial charge in [-0.1, -0.05) is 29.3 Å². The number of rotatable bonds is 13. The number of fused-ring (bicyclic) bond motifs is 1. The Bertz CT molecular complexity index is 1480. The maximum absolute atomic E-state index is 13.4. The van der Waals surface area contributed by atoms with Crippen molar-refractivity contribution in [1.29, 1.82) is 0 Å². The fourth-order valence-electron chi connectivity index (χ4n) is 5.12. The summed E-state index contributed by atoms with van der Waals surface area (Å²) in [5.41, 5.74) is 2.97. The fraction of sp³-hybridized carbons (Fsp3) is 0.419. The lowest BCUT2D eigenvalue weighted by Gasteiger charge is -2.29. The number of aromatic nitrogens is 1. The summed E-state index contributed by atoms with van der Waals surface area (Å²) in [7, 11) is 3.15. The van der Waals surface area contributed by atoms with Crippen molar-refractivity contribution in [2.45, 2.75) is 44.9 Å². The Balaban J connectivity index is 1.38. The molecule has 236 valence electrons. The van der Waals surface area contributed by atoms with Crippen LogP contribution in [0.3, 0.4) is 0 Å². The van der Waals surface area contributed by atoms with Crippen LogP contribution in [0.25, 0.3) is 0 Å². The molecule has 13 heteroatoms. The molecular weight excluding hydrogens is 621 g/mol. The average Bonchev–Trinajstić information content (AvgIpc) is 3.81. The molecule has 44 heavy (non-hydrogen) atoms. The van der Waals surface area contributed by atoms with E-state index in [-0.39, 0.29) is 34.5 Å². The molecule has 0 amide bonds. The molecule has 3 aromatic rings. The van der Waals surface area contributed by atoms with Crippen molar-refractivity contribution in [3.8, 4) is 23.0 Å². The van der Waals surface area contributed by atoms with E-state index in [1.165, 1.54) is 18.2 Å². The minimum absolute atomic E-state index is 0.0151. The van der Waals surface area contributed by atoms with Crippen LogP contribution in [0.15, 0.2) is 42.7 Å². The van der Waals surface area contributed by atoms with Gasteiger partial charge in [0, 0.05) is 25.1 Å². The van der Waals surface area contributed by atoms with Gasteiger partial charge >= 0.3 is 12.6 Å². The van der Waals surface area contributed by atoms with Gasteiger partial charge in [-0.2, -0.15) is 13.5 Å². The van der Waals surface area contributed by atoms with Crippen LogP contribution < -0.4 is 23.7 Å². The molecule has 9 nitrogen and oxygen atoms in total. The van der Waals surface area contributed by atoms with Gasteiger partial charge < -0.3 is 28.9 Å². The fourth-order valence-corrected chi connectivity index (χ4v) is 5.72. The van der Waals surface area contributed by atoms with Crippen molar-refractivity contribution in [2.24, 2.45) is 5.92 Å². The van der Waals surface area contributed by atoms with Crippen LogP contribution in [-0.2, 0) is 28.9 Å². The summed E-state index contributed by atoms with van der Waals surface area (Å²) in [5, 5.41) is 12.0. The standard InChI is InChI=1S/C31H32Cl2F2N2O7/c1-40-27-9-19-7-8-36(13-21(19)11-28(27)41-2)16-30(38)43-26(12-22-23(32)14-37(39)15-24(22)33)20-5-6-25(44-31(34)35)29(10-20)42-17-18-3-4-18/h5-6,9-11,14-15,18,26,31H,3-4,7-8,12-13,16-17H2,1-2H3/t26-/m0/s1. The topological polar surface area (TPSA) is 93.4 Å². The van der Waals surface area contributed by atoms with Gasteiger partial charge in [0.2, 0.25) is 0 Å². The summed E-state index contributed by atoms with van der Waals surface area (Å²) >= 11 is 12.7. The molecule has 1 aromatic heterocycles. The number of ether oxygens (including phenoxy) is 5. The first-order valence-corrected chi connectivity index (χ1v) is 14.8. The van der Waals surface area contributed by atoms with Crippen LogP contribution >= 0.6 is 23.2 Å². The summed E-state index contributed by atoms with van der Waals surface area (Å²) in [6.45, 7) is -1.61.